The third-order valence-electron chi connectivity index (χ3n) is 4.30. The van der Waals surface area contributed by atoms with Crippen molar-refractivity contribution in [2.45, 2.75) is 58.4 Å². The van der Waals surface area contributed by atoms with Gasteiger partial charge in [0.2, 0.25) is 0 Å². The number of aryl methyl sites for hydroxylation is 2. The first-order chi connectivity index (χ1) is 9.51. The number of rotatable bonds is 6. The van der Waals surface area contributed by atoms with Gasteiger partial charge in [-0.15, -0.1) is 0 Å². The van der Waals surface area contributed by atoms with Gasteiger partial charge < -0.3 is 9.55 Å². The zero-order valence-electron chi connectivity index (χ0n) is 13.0. The van der Waals surface area contributed by atoms with Crippen LogP contribution in [0.25, 0.3) is 11.2 Å². The lowest BCUT2D eigenvalue weighted by Gasteiger charge is -2.30. The van der Waals surface area contributed by atoms with E-state index >= 15 is 0 Å². The maximum atomic E-state index is 5.54. The van der Waals surface area contributed by atoms with Crippen LogP contribution in [0.2, 0.25) is 0 Å². The van der Waals surface area contributed by atoms with Crippen molar-refractivity contribution in [1.29, 1.82) is 0 Å². The lowest BCUT2D eigenvalue weighted by atomic mass is 10.0. The summed E-state index contributed by atoms with van der Waals surface area (Å²) >= 11 is 7.49. The maximum Gasteiger partial charge on any atom is 0.179 e. The minimum Gasteiger partial charge on any atom is -0.328 e. The molecule has 0 amide bonds. The van der Waals surface area contributed by atoms with Gasteiger partial charge in [-0.2, -0.15) is 16.9 Å². The summed E-state index contributed by atoms with van der Waals surface area (Å²) in [6.45, 7) is 10.5. The lowest BCUT2D eigenvalue weighted by molar-refractivity contribution is 0.463. The highest BCUT2D eigenvalue weighted by molar-refractivity contribution is 8.00. The number of thioether (sulfide) groups is 1. The Bertz CT molecular complexity index is 638. The quantitative estimate of drug-likeness (QED) is 0.815. The molecule has 2 aromatic heterocycles. The molecule has 0 unspecified atom stereocenters. The Balaban J connectivity index is 2.59. The first kappa shape index (κ1) is 15.6. The van der Waals surface area contributed by atoms with E-state index in [0.717, 1.165) is 47.6 Å². The predicted octanol–water partition coefficient (Wildman–Crippen LogP) is 4.15. The Labute approximate surface area is 129 Å². The summed E-state index contributed by atoms with van der Waals surface area (Å²) in [5.74, 6) is 0. The number of H-pyrrole nitrogens is 1. The molecule has 4 nitrogen and oxygen atoms in total. The van der Waals surface area contributed by atoms with E-state index in [1.165, 1.54) is 0 Å². The molecule has 0 spiro atoms. The molecule has 112 valence electrons. The van der Waals surface area contributed by atoms with Gasteiger partial charge in [0.25, 0.3) is 0 Å². The predicted molar refractivity (Wildman–Crippen MR) is 90.1 cm³/mol. The molecule has 0 bridgehead atoms. The second-order valence-electron chi connectivity index (χ2n) is 5.21. The maximum absolute atomic E-state index is 5.54. The molecule has 0 radical (unpaired) electrons. The minimum absolute atomic E-state index is 0.240. The van der Waals surface area contributed by atoms with Gasteiger partial charge in [-0.1, -0.05) is 13.8 Å². The highest BCUT2D eigenvalue weighted by Crippen LogP contribution is 2.33. The van der Waals surface area contributed by atoms with Crippen molar-refractivity contribution < 1.29 is 0 Å². The zero-order chi connectivity index (χ0) is 14.9. The zero-order valence-corrected chi connectivity index (χ0v) is 14.6. The minimum atomic E-state index is 0.240. The van der Waals surface area contributed by atoms with E-state index in [1.807, 2.05) is 23.4 Å². The molecule has 20 heavy (non-hydrogen) atoms. The normalized spacial score (nSPS) is 12.4. The van der Waals surface area contributed by atoms with Crippen molar-refractivity contribution >= 4 is 35.1 Å². The van der Waals surface area contributed by atoms with Gasteiger partial charge >= 0.3 is 0 Å². The number of fused-ring (bicyclic) bond motifs is 1. The molecule has 1 N–H and O–H groups in total. The number of hydrogen-bond acceptors (Lipinski definition) is 3. The fourth-order valence-electron chi connectivity index (χ4n) is 2.74. The molecule has 0 saturated heterocycles. The van der Waals surface area contributed by atoms with Crippen LogP contribution in [-0.4, -0.2) is 30.3 Å². The van der Waals surface area contributed by atoms with E-state index in [1.54, 1.807) is 0 Å². The van der Waals surface area contributed by atoms with E-state index < -0.39 is 0 Å². The third kappa shape index (κ3) is 2.44. The molecule has 0 aliphatic heterocycles. The fourth-order valence-corrected chi connectivity index (χ4v) is 3.83. The van der Waals surface area contributed by atoms with E-state index in [2.05, 4.69) is 41.7 Å². The van der Waals surface area contributed by atoms with Gasteiger partial charge in [-0.3, -0.25) is 0 Å². The molecular formula is C14H24N4S2. The van der Waals surface area contributed by atoms with Crippen LogP contribution in [0.1, 0.15) is 39.3 Å². The molecular weight excluding hydrogens is 288 g/mol. The average molecular weight is 313 g/mol. The fraction of sp³-hybridized carbons (Fsp3) is 0.714. The summed E-state index contributed by atoms with van der Waals surface area (Å²) in [4.78, 5) is 3.33. The number of aromatic nitrogens is 4. The van der Waals surface area contributed by atoms with E-state index in [4.69, 9.17) is 12.2 Å². The van der Waals surface area contributed by atoms with Gasteiger partial charge in [0, 0.05) is 17.8 Å². The summed E-state index contributed by atoms with van der Waals surface area (Å²) in [6, 6.07) is 0. The van der Waals surface area contributed by atoms with Crippen LogP contribution in [0.3, 0.4) is 0 Å². The highest BCUT2D eigenvalue weighted by Gasteiger charge is 2.27. The second-order valence-corrected chi connectivity index (χ2v) is 6.87. The molecule has 0 atom stereocenters. The van der Waals surface area contributed by atoms with Crippen LogP contribution in [-0.2, 0) is 13.1 Å². The largest absolute Gasteiger partial charge is 0.328 e. The van der Waals surface area contributed by atoms with Crippen LogP contribution in [0, 0.1) is 11.7 Å². The number of nitrogens with one attached hydrogen (secondary N) is 1. The Kier molecular flexibility index (Phi) is 4.64. The first-order valence-electron chi connectivity index (χ1n) is 7.23. The van der Waals surface area contributed by atoms with Crippen molar-refractivity contribution in [2.75, 3.05) is 6.26 Å². The van der Waals surface area contributed by atoms with Crippen molar-refractivity contribution in [3.8, 4) is 0 Å². The molecule has 0 aliphatic carbocycles. The second kappa shape index (κ2) is 5.93. The highest BCUT2D eigenvalue weighted by atomic mass is 32.2. The Morgan fingerprint density at radius 1 is 1.30 bits per heavy atom. The van der Waals surface area contributed by atoms with E-state index in [-0.39, 0.29) is 4.75 Å². The Hall–Kier alpha value is -0.750. The number of imidazole rings is 1. The van der Waals surface area contributed by atoms with Crippen LogP contribution in [0.15, 0.2) is 0 Å². The Morgan fingerprint density at radius 3 is 2.45 bits per heavy atom. The summed E-state index contributed by atoms with van der Waals surface area (Å²) < 4.78 is 5.33. The SMILES string of the molecule is CCn1nc(C)c2[nH]c(=S)n(CC(CC)(CC)SC)c21. The smallest absolute Gasteiger partial charge is 0.179 e. The first-order valence-corrected chi connectivity index (χ1v) is 8.86. The summed E-state index contributed by atoms with van der Waals surface area (Å²) in [5.41, 5.74) is 3.24. The van der Waals surface area contributed by atoms with E-state index in [0.29, 0.717) is 0 Å². The van der Waals surface area contributed by atoms with Crippen molar-refractivity contribution in [1.82, 2.24) is 19.3 Å². The van der Waals surface area contributed by atoms with Gasteiger partial charge in [0.1, 0.15) is 5.52 Å². The molecule has 2 rings (SSSR count). The van der Waals surface area contributed by atoms with E-state index in [9.17, 15) is 0 Å². The molecule has 0 aliphatic rings. The van der Waals surface area contributed by atoms with Crippen molar-refractivity contribution in [3.63, 3.8) is 0 Å². The molecule has 0 fully saturated rings. The number of nitrogens with zero attached hydrogens (tertiary/aromatic N) is 3. The van der Waals surface area contributed by atoms with Gasteiger partial charge in [0.05, 0.1) is 5.69 Å². The molecule has 0 aromatic carbocycles. The summed E-state index contributed by atoms with van der Waals surface area (Å²) in [5, 5.41) is 4.59. The monoisotopic (exact) mass is 312 g/mol. The average Bonchev–Trinajstić information content (AvgIpc) is 2.94. The third-order valence-corrected chi connectivity index (χ3v) is 6.20. The number of hydrogen-bond donors (Lipinski definition) is 1. The van der Waals surface area contributed by atoms with Crippen LogP contribution in [0.5, 0.6) is 0 Å². The summed E-state index contributed by atoms with van der Waals surface area (Å²) in [6.07, 6.45) is 4.47. The topological polar surface area (TPSA) is 38.5 Å². The Morgan fingerprint density at radius 2 is 1.95 bits per heavy atom. The van der Waals surface area contributed by atoms with Crippen LogP contribution < -0.4 is 0 Å². The van der Waals surface area contributed by atoms with Gasteiger partial charge in [-0.05, 0) is 45.2 Å². The van der Waals surface area contributed by atoms with Crippen molar-refractivity contribution in [2.24, 2.45) is 0 Å². The lowest BCUT2D eigenvalue weighted by Crippen LogP contribution is -2.29. The molecule has 0 saturated carbocycles. The van der Waals surface area contributed by atoms with Crippen LogP contribution in [0.4, 0.5) is 0 Å². The van der Waals surface area contributed by atoms with Crippen LogP contribution >= 0.6 is 24.0 Å². The molecule has 2 heterocycles. The van der Waals surface area contributed by atoms with Gasteiger partial charge in [-0.25, -0.2) is 4.68 Å². The summed E-state index contributed by atoms with van der Waals surface area (Å²) in [7, 11) is 0. The standard InChI is InChI=1S/C14H24N4S2/c1-6-14(7-2,20-5)9-17-12-11(15-13(17)19)10(4)16-18(12)8-3/h6-9H2,1-5H3,(H,15,19). The molecule has 6 heteroatoms. The van der Waals surface area contributed by atoms with Gasteiger partial charge in [0.15, 0.2) is 10.4 Å². The van der Waals surface area contributed by atoms with Crippen molar-refractivity contribution in [3.05, 3.63) is 10.5 Å². The molecule has 2 aromatic rings. The number of aromatic amines is 1.